The molecule has 0 amide bonds. The minimum Gasteiger partial charge on any atom is -0.480 e. The molecular weight excluding hydrogens is 501 g/mol. The van der Waals surface area contributed by atoms with E-state index >= 15 is 0 Å². The Hall–Kier alpha value is -4.03. The number of nitrogens with two attached hydrogens (primary N) is 1. The van der Waals surface area contributed by atoms with Gasteiger partial charge in [-0.25, -0.2) is 22.8 Å². The van der Waals surface area contributed by atoms with Crippen LogP contribution in [0.5, 0.6) is 5.88 Å². The second kappa shape index (κ2) is 9.79. The highest BCUT2D eigenvalue weighted by molar-refractivity contribution is 7.92. The number of fused-ring (bicyclic) bond motifs is 1. The largest absolute Gasteiger partial charge is 0.480 e. The average molecular weight is 526 g/mol. The maximum absolute atomic E-state index is 14.1. The molecule has 0 unspecified atom stereocenters. The number of anilines is 2. The molecule has 0 atom stereocenters. The van der Waals surface area contributed by atoms with Crippen LogP contribution in [0.25, 0.3) is 22.0 Å². The fourth-order valence-electron chi connectivity index (χ4n) is 4.37. The SMILES string of the molecule is COc1ncc(-c2ccc3nc(N)n(C4CCOCC4)c(=O)c3c2)cc1S(=O)(=O)Nc1ccccc1F. The Morgan fingerprint density at radius 3 is 2.62 bits per heavy atom. The number of sulfonamides is 1. The van der Waals surface area contributed by atoms with Crippen molar-refractivity contribution in [2.75, 3.05) is 30.8 Å². The fourth-order valence-corrected chi connectivity index (χ4v) is 5.58. The maximum Gasteiger partial charge on any atom is 0.267 e. The Bertz CT molecular complexity index is 1650. The fraction of sp³-hybridized carbons (Fsp3) is 0.240. The van der Waals surface area contributed by atoms with Gasteiger partial charge in [0.25, 0.3) is 15.6 Å². The molecule has 3 heterocycles. The third-order valence-electron chi connectivity index (χ3n) is 6.24. The van der Waals surface area contributed by atoms with Gasteiger partial charge in [0.1, 0.15) is 10.7 Å². The van der Waals surface area contributed by atoms with Gasteiger partial charge >= 0.3 is 0 Å². The molecule has 2 aromatic carbocycles. The number of benzene rings is 2. The molecule has 1 aliphatic heterocycles. The monoisotopic (exact) mass is 525 g/mol. The Kier molecular flexibility index (Phi) is 6.52. The number of nitrogens with zero attached hydrogens (tertiary/aromatic N) is 3. The maximum atomic E-state index is 14.1. The molecule has 37 heavy (non-hydrogen) atoms. The molecule has 4 aromatic rings. The lowest BCUT2D eigenvalue weighted by Crippen LogP contribution is -2.31. The number of aromatic nitrogens is 3. The van der Waals surface area contributed by atoms with Gasteiger partial charge in [0.2, 0.25) is 11.8 Å². The van der Waals surface area contributed by atoms with Crippen molar-refractivity contribution < 1.29 is 22.3 Å². The molecule has 192 valence electrons. The summed E-state index contributed by atoms with van der Waals surface area (Å²) in [5.41, 5.74) is 7.00. The normalized spacial score (nSPS) is 14.5. The third kappa shape index (κ3) is 4.72. The number of pyridine rings is 1. The second-order valence-electron chi connectivity index (χ2n) is 8.54. The van der Waals surface area contributed by atoms with Crippen LogP contribution in [0.3, 0.4) is 0 Å². The van der Waals surface area contributed by atoms with E-state index in [2.05, 4.69) is 14.7 Å². The van der Waals surface area contributed by atoms with Gasteiger partial charge in [0, 0.05) is 31.0 Å². The van der Waals surface area contributed by atoms with Crippen LogP contribution in [0.4, 0.5) is 16.0 Å². The standard InChI is InChI=1S/C25H24FN5O5S/c1-35-23-22(37(33,34)30-21-5-3-2-4-19(21)26)13-16(14-28-23)15-6-7-20-18(12-15)24(32)31(25(27)29-20)17-8-10-36-11-9-17/h2-7,12-14,17,30H,8-11H2,1H3,(H2,27,29). The number of ether oxygens (including phenoxy) is 2. The number of hydrogen-bond donors (Lipinski definition) is 2. The number of halogens is 1. The number of rotatable bonds is 6. The second-order valence-corrected chi connectivity index (χ2v) is 10.2. The number of hydrogen-bond acceptors (Lipinski definition) is 8. The molecule has 0 aliphatic carbocycles. The van der Waals surface area contributed by atoms with Crippen LogP contribution in [-0.2, 0) is 14.8 Å². The van der Waals surface area contributed by atoms with Crippen molar-refractivity contribution in [1.82, 2.24) is 14.5 Å². The summed E-state index contributed by atoms with van der Waals surface area (Å²) in [6.07, 6.45) is 2.73. The van der Waals surface area contributed by atoms with Gasteiger partial charge in [-0.15, -0.1) is 0 Å². The first kappa shape index (κ1) is 24.7. The smallest absolute Gasteiger partial charge is 0.267 e. The van der Waals surface area contributed by atoms with Crippen molar-refractivity contribution in [3.8, 4) is 17.0 Å². The van der Waals surface area contributed by atoms with Gasteiger partial charge in [-0.1, -0.05) is 18.2 Å². The van der Waals surface area contributed by atoms with Crippen LogP contribution in [0, 0.1) is 5.82 Å². The van der Waals surface area contributed by atoms with Gasteiger partial charge < -0.3 is 15.2 Å². The van der Waals surface area contributed by atoms with Crippen molar-refractivity contribution in [2.24, 2.45) is 0 Å². The predicted molar refractivity (Wildman–Crippen MR) is 136 cm³/mol. The first-order valence-corrected chi connectivity index (χ1v) is 13.0. The summed E-state index contributed by atoms with van der Waals surface area (Å²) in [4.78, 5) is 21.7. The topological polar surface area (TPSA) is 138 Å². The highest BCUT2D eigenvalue weighted by Gasteiger charge is 2.24. The predicted octanol–water partition coefficient (Wildman–Crippen LogP) is 3.34. The van der Waals surface area contributed by atoms with Gasteiger partial charge in [0.15, 0.2) is 0 Å². The Morgan fingerprint density at radius 1 is 1.14 bits per heavy atom. The van der Waals surface area contributed by atoms with E-state index in [4.69, 9.17) is 15.2 Å². The summed E-state index contributed by atoms with van der Waals surface area (Å²) in [5, 5.41) is 0.336. The van der Waals surface area contributed by atoms with Gasteiger partial charge in [0.05, 0.1) is 23.7 Å². The molecule has 0 radical (unpaired) electrons. The van der Waals surface area contributed by atoms with E-state index in [1.807, 2.05) is 0 Å². The highest BCUT2D eigenvalue weighted by atomic mass is 32.2. The Morgan fingerprint density at radius 2 is 1.89 bits per heavy atom. The minimum absolute atomic E-state index is 0.120. The van der Waals surface area contributed by atoms with Crippen LogP contribution in [0.15, 0.2) is 64.4 Å². The van der Waals surface area contributed by atoms with E-state index in [9.17, 15) is 17.6 Å². The third-order valence-corrected chi connectivity index (χ3v) is 7.60. The van der Waals surface area contributed by atoms with Crippen molar-refractivity contribution in [1.29, 1.82) is 0 Å². The van der Waals surface area contributed by atoms with E-state index in [0.717, 1.165) is 6.07 Å². The molecule has 1 saturated heterocycles. The summed E-state index contributed by atoms with van der Waals surface area (Å²) in [7, 11) is -2.98. The lowest BCUT2D eigenvalue weighted by atomic mass is 10.0. The van der Waals surface area contributed by atoms with E-state index in [0.29, 0.717) is 48.1 Å². The molecular formula is C25H24FN5O5S. The zero-order valence-corrected chi connectivity index (χ0v) is 20.7. The zero-order chi connectivity index (χ0) is 26.2. The molecule has 2 aromatic heterocycles. The first-order chi connectivity index (χ1) is 17.8. The molecule has 0 spiro atoms. The van der Waals surface area contributed by atoms with E-state index in [-0.39, 0.29) is 34.0 Å². The molecule has 0 bridgehead atoms. The average Bonchev–Trinajstić information content (AvgIpc) is 2.90. The molecule has 10 nitrogen and oxygen atoms in total. The summed E-state index contributed by atoms with van der Waals surface area (Å²) in [6, 6.07) is 11.6. The number of nitrogens with one attached hydrogen (secondary N) is 1. The Labute approximate surface area is 211 Å². The first-order valence-electron chi connectivity index (χ1n) is 11.5. The lowest BCUT2D eigenvalue weighted by molar-refractivity contribution is 0.0692. The van der Waals surface area contributed by atoms with Crippen molar-refractivity contribution >= 4 is 32.6 Å². The van der Waals surface area contributed by atoms with E-state index in [1.54, 1.807) is 18.2 Å². The van der Waals surface area contributed by atoms with E-state index < -0.39 is 15.8 Å². The summed E-state index contributed by atoms with van der Waals surface area (Å²) >= 11 is 0. The molecule has 1 aliphatic rings. The zero-order valence-electron chi connectivity index (χ0n) is 19.8. The number of para-hydroxylation sites is 1. The molecule has 0 saturated carbocycles. The molecule has 5 rings (SSSR count). The minimum atomic E-state index is -4.27. The molecule has 1 fully saturated rings. The van der Waals surface area contributed by atoms with Crippen molar-refractivity contribution in [2.45, 2.75) is 23.8 Å². The van der Waals surface area contributed by atoms with Crippen molar-refractivity contribution in [3.63, 3.8) is 0 Å². The number of nitrogen functional groups attached to an aromatic ring is 1. The molecule has 3 N–H and O–H groups in total. The van der Waals surface area contributed by atoms with E-state index in [1.165, 1.54) is 42.1 Å². The van der Waals surface area contributed by atoms with Crippen LogP contribution in [0.1, 0.15) is 18.9 Å². The van der Waals surface area contributed by atoms with Crippen LogP contribution in [-0.4, -0.2) is 43.3 Å². The quantitative estimate of drug-likeness (QED) is 0.391. The molecule has 12 heteroatoms. The van der Waals surface area contributed by atoms with Gasteiger partial charge in [-0.3, -0.25) is 14.1 Å². The summed E-state index contributed by atoms with van der Waals surface area (Å²) < 4.78 is 54.7. The van der Waals surface area contributed by atoms with Crippen LogP contribution < -0.4 is 20.8 Å². The lowest BCUT2D eigenvalue weighted by Gasteiger charge is -2.25. The highest BCUT2D eigenvalue weighted by Crippen LogP contribution is 2.31. The summed E-state index contributed by atoms with van der Waals surface area (Å²) in [6.45, 7) is 1.06. The van der Waals surface area contributed by atoms with Crippen LogP contribution in [0.2, 0.25) is 0 Å². The van der Waals surface area contributed by atoms with Crippen LogP contribution >= 0.6 is 0 Å². The summed E-state index contributed by atoms with van der Waals surface area (Å²) in [5.74, 6) is -0.753. The van der Waals surface area contributed by atoms with Gasteiger partial charge in [-0.2, -0.15) is 0 Å². The Balaban J connectivity index is 1.59. The number of methoxy groups -OCH3 is 1. The van der Waals surface area contributed by atoms with Gasteiger partial charge in [-0.05, 0) is 48.7 Å². The van der Waals surface area contributed by atoms with Crippen molar-refractivity contribution in [3.05, 3.63) is 70.9 Å².